The van der Waals surface area contributed by atoms with Crippen LogP contribution >= 0.6 is 0 Å². The Kier molecular flexibility index (Phi) is 4.75. The average Bonchev–Trinajstić information content (AvgIpc) is 2.67. The molecule has 2 N–H and O–H groups in total. The number of para-hydroxylation sites is 1. The fourth-order valence-corrected chi connectivity index (χ4v) is 3.30. The van der Waals surface area contributed by atoms with Crippen LogP contribution in [0.2, 0.25) is 0 Å². The van der Waals surface area contributed by atoms with Crippen molar-refractivity contribution in [2.75, 3.05) is 12.4 Å². The zero-order valence-corrected chi connectivity index (χ0v) is 15.7. The number of alkyl halides is 6. The molecular formula is C17H15F6N4O3+. The van der Waals surface area contributed by atoms with Gasteiger partial charge in [0, 0.05) is 14.1 Å². The number of methoxy groups -OCH3 is 1. The van der Waals surface area contributed by atoms with Crippen LogP contribution in [0, 0.1) is 0 Å². The van der Waals surface area contributed by atoms with E-state index in [0.29, 0.717) is 4.57 Å². The van der Waals surface area contributed by atoms with Crippen LogP contribution in [0.5, 0.6) is 5.75 Å². The molecule has 0 radical (unpaired) electrons. The van der Waals surface area contributed by atoms with E-state index in [1.54, 1.807) is 0 Å². The minimum absolute atomic E-state index is 0.0389. The molecule has 0 aliphatic carbocycles. The molecule has 0 saturated carbocycles. The normalized spacial score (nSPS) is 15.8. The molecule has 2 heterocycles. The molecule has 7 nitrogen and oxygen atoms in total. The van der Waals surface area contributed by atoms with Gasteiger partial charge < -0.3 is 4.74 Å². The lowest BCUT2D eigenvalue weighted by Crippen LogP contribution is -2.97. The number of halogens is 6. The fraction of sp³-hybridized carbons (Fsp3) is 0.353. The van der Waals surface area contributed by atoms with Gasteiger partial charge in [0.2, 0.25) is 5.82 Å². The molecule has 162 valence electrons. The number of aromatic nitrogens is 2. The molecule has 1 aromatic carbocycles. The zero-order chi connectivity index (χ0) is 22.6. The third-order valence-electron chi connectivity index (χ3n) is 4.82. The van der Waals surface area contributed by atoms with Crippen LogP contribution in [0.25, 0.3) is 0 Å². The Hall–Kier alpha value is -3.25. The second-order valence-corrected chi connectivity index (χ2v) is 6.50. The lowest BCUT2D eigenvalue weighted by atomic mass is 9.87. The highest BCUT2D eigenvalue weighted by atomic mass is 19.4. The van der Waals surface area contributed by atoms with E-state index in [-0.39, 0.29) is 15.9 Å². The number of benzene rings is 1. The second-order valence-electron chi connectivity index (χ2n) is 6.50. The summed E-state index contributed by atoms with van der Waals surface area (Å²) in [6.07, 6.45) is -12.0. The molecule has 2 aromatic rings. The van der Waals surface area contributed by atoms with Gasteiger partial charge in [-0.15, -0.1) is 0 Å². The largest absolute Gasteiger partial charge is 0.496 e. The van der Waals surface area contributed by atoms with Crippen molar-refractivity contribution in [1.82, 2.24) is 9.13 Å². The summed E-state index contributed by atoms with van der Waals surface area (Å²) in [5.41, 5.74) is -9.48. The lowest BCUT2D eigenvalue weighted by Gasteiger charge is -2.35. The number of fused-ring (bicyclic) bond motifs is 1. The van der Waals surface area contributed by atoms with Crippen LogP contribution in [-0.2, 0) is 19.6 Å². The Morgan fingerprint density at radius 2 is 1.57 bits per heavy atom. The van der Waals surface area contributed by atoms with Crippen molar-refractivity contribution >= 4 is 11.7 Å². The molecule has 1 aliphatic heterocycles. The van der Waals surface area contributed by atoms with Gasteiger partial charge in [0.15, 0.2) is 0 Å². The Bertz CT molecular complexity index is 1150. The summed E-state index contributed by atoms with van der Waals surface area (Å²) in [6, 6.07) is 5.38. The first-order chi connectivity index (χ1) is 13.8. The van der Waals surface area contributed by atoms with Crippen LogP contribution in [-0.4, -0.2) is 34.4 Å². The van der Waals surface area contributed by atoms with Crippen molar-refractivity contribution in [3.05, 3.63) is 56.2 Å². The Balaban J connectivity index is 2.55. The molecule has 1 aliphatic rings. The summed E-state index contributed by atoms with van der Waals surface area (Å²) in [7, 11) is 2.93. The highest BCUT2D eigenvalue weighted by Gasteiger charge is 2.78. The first-order valence-electron chi connectivity index (χ1n) is 8.27. The maximum absolute atomic E-state index is 14.1. The predicted molar refractivity (Wildman–Crippen MR) is 92.4 cm³/mol. The molecule has 1 aromatic heterocycles. The van der Waals surface area contributed by atoms with E-state index in [2.05, 4.69) is 5.32 Å². The van der Waals surface area contributed by atoms with Crippen LogP contribution < -0.4 is 26.3 Å². The maximum atomic E-state index is 14.1. The fourth-order valence-electron chi connectivity index (χ4n) is 3.30. The number of rotatable bonds is 2. The molecular weight excluding hydrogens is 422 g/mol. The summed E-state index contributed by atoms with van der Waals surface area (Å²) >= 11 is 0. The topological polar surface area (TPSA) is 79.2 Å². The SMILES string of the molecule is COc1ccccc1C1=[NH+]C(C(F)(F)F)(C(F)(F)F)c2c(n(C)c(=O)n(C)c2=O)N1. The number of nitrogens with one attached hydrogen (secondary N) is 2. The first-order valence-corrected chi connectivity index (χ1v) is 8.27. The van der Waals surface area contributed by atoms with Crippen molar-refractivity contribution in [2.45, 2.75) is 17.9 Å². The van der Waals surface area contributed by atoms with E-state index < -0.39 is 46.4 Å². The molecule has 3 rings (SSSR count). The molecule has 0 amide bonds. The number of ether oxygens (including phenoxy) is 1. The zero-order valence-electron chi connectivity index (χ0n) is 15.7. The molecule has 0 unspecified atom stereocenters. The molecule has 0 fully saturated rings. The van der Waals surface area contributed by atoms with Crippen molar-refractivity contribution in [3.63, 3.8) is 0 Å². The summed E-state index contributed by atoms with van der Waals surface area (Å²) in [5, 5.41) is 2.34. The number of amidine groups is 1. The molecule has 0 bridgehead atoms. The van der Waals surface area contributed by atoms with E-state index in [1.165, 1.54) is 36.4 Å². The Labute approximate surface area is 164 Å². The Morgan fingerprint density at radius 3 is 2.10 bits per heavy atom. The quantitative estimate of drug-likeness (QED) is 0.666. The minimum atomic E-state index is -6.00. The van der Waals surface area contributed by atoms with Gasteiger partial charge in [-0.25, -0.2) is 15.1 Å². The van der Waals surface area contributed by atoms with E-state index >= 15 is 0 Å². The Morgan fingerprint density at radius 1 is 1.00 bits per heavy atom. The predicted octanol–water partition coefficient (Wildman–Crippen LogP) is 0.365. The summed E-state index contributed by atoms with van der Waals surface area (Å²) < 4.78 is 90.3. The van der Waals surface area contributed by atoms with Crippen molar-refractivity contribution in [1.29, 1.82) is 0 Å². The number of hydrogen-bond acceptors (Lipinski definition) is 4. The van der Waals surface area contributed by atoms with Gasteiger partial charge in [0.1, 0.15) is 16.9 Å². The van der Waals surface area contributed by atoms with Gasteiger partial charge in [-0.05, 0) is 12.1 Å². The van der Waals surface area contributed by atoms with Gasteiger partial charge in [0.25, 0.3) is 11.4 Å². The second kappa shape index (κ2) is 6.64. The van der Waals surface area contributed by atoms with Crippen LogP contribution in [0.4, 0.5) is 32.2 Å². The van der Waals surface area contributed by atoms with Crippen LogP contribution in [0.15, 0.2) is 33.9 Å². The summed E-state index contributed by atoms with van der Waals surface area (Å²) in [6.45, 7) is 0. The number of anilines is 1. The van der Waals surface area contributed by atoms with Crippen molar-refractivity contribution in [2.24, 2.45) is 14.1 Å². The van der Waals surface area contributed by atoms with Gasteiger partial charge in [-0.3, -0.25) is 13.9 Å². The van der Waals surface area contributed by atoms with E-state index in [1.807, 2.05) is 0 Å². The van der Waals surface area contributed by atoms with Gasteiger partial charge in [-0.1, -0.05) is 12.1 Å². The van der Waals surface area contributed by atoms with Gasteiger partial charge >= 0.3 is 23.6 Å². The summed E-state index contributed by atoms with van der Waals surface area (Å²) in [5.74, 6) is -1.71. The minimum Gasteiger partial charge on any atom is -0.496 e. The lowest BCUT2D eigenvalue weighted by molar-refractivity contribution is -0.658. The first kappa shape index (κ1) is 21.5. The van der Waals surface area contributed by atoms with E-state index in [4.69, 9.17) is 4.74 Å². The highest BCUT2D eigenvalue weighted by molar-refractivity contribution is 6.07. The number of hydrogen-bond donors (Lipinski definition) is 2. The highest BCUT2D eigenvalue weighted by Crippen LogP contribution is 2.48. The monoisotopic (exact) mass is 437 g/mol. The molecule has 0 spiro atoms. The van der Waals surface area contributed by atoms with E-state index in [0.717, 1.165) is 14.1 Å². The van der Waals surface area contributed by atoms with Crippen molar-refractivity contribution < 1.29 is 36.1 Å². The average molecular weight is 437 g/mol. The molecule has 13 heteroatoms. The molecule has 30 heavy (non-hydrogen) atoms. The third kappa shape index (κ3) is 2.79. The molecule has 0 atom stereocenters. The van der Waals surface area contributed by atoms with Gasteiger partial charge in [-0.2, -0.15) is 26.3 Å². The third-order valence-corrected chi connectivity index (χ3v) is 4.82. The molecule has 0 saturated heterocycles. The van der Waals surface area contributed by atoms with Crippen molar-refractivity contribution in [3.8, 4) is 5.75 Å². The smallest absolute Gasteiger partial charge is 0.446 e. The van der Waals surface area contributed by atoms with Crippen LogP contribution in [0.1, 0.15) is 11.1 Å². The number of nitrogens with zero attached hydrogens (tertiary/aromatic N) is 2. The summed E-state index contributed by atoms with van der Waals surface area (Å²) in [4.78, 5) is 26.2. The maximum Gasteiger partial charge on any atom is 0.446 e. The standard InChI is InChI=1S/C17H14F6N4O3/c1-26-12-10(13(28)27(2)14(26)29)15(16(18,19)20,17(21,22)23)25-11(24-12)8-6-4-5-7-9(8)30-3/h4-7H,1-3H3,(H,24,25)/p+1. The van der Waals surface area contributed by atoms with Gasteiger partial charge in [0.05, 0.1) is 7.11 Å². The van der Waals surface area contributed by atoms with Crippen LogP contribution in [0.3, 0.4) is 0 Å². The van der Waals surface area contributed by atoms with E-state index in [9.17, 15) is 35.9 Å².